The molecular formula is C20H26N4O. The molecular weight excluding hydrogens is 312 g/mol. The number of aryl methyl sites for hydroxylation is 1. The van der Waals surface area contributed by atoms with E-state index in [1.165, 1.54) is 11.1 Å². The van der Waals surface area contributed by atoms with Gasteiger partial charge in [-0.2, -0.15) is 0 Å². The van der Waals surface area contributed by atoms with Crippen molar-refractivity contribution >= 4 is 11.9 Å². The van der Waals surface area contributed by atoms with Crippen LogP contribution >= 0.6 is 0 Å². The number of nitrogens with zero attached hydrogens (tertiary/aromatic N) is 2. The van der Waals surface area contributed by atoms with Crippen LogP contribution in [0.25, 0.3) is 0 Å². The normalized spacial score (nSPS) is 11.1. The third-order valence-electron chi connectivity index (χ3n) is 4.00. The van der Waals surface area contributed by atoms with Crippen molar-refractivity contribution in [2.45, 2.75) is 20.0 Å². The molecule has 5 heteroatoms. The second-order valence-electron chi connectivity index (χ2n) is 6.10. The average molecular weight is 338 g/mol. The molecule has 2 N–H and O–H groups in total. The van der Waals surface area contributed by atoms with E-state index in [1.54, 1.807) is 26.0 Å². The number of amides is 1. The van der Waals surface area contributed by atoms with Crippen molar-refractivity contribution in [3.8, 4) is 0 Å². The molecule has 5 nitrogen and oxygen atoms in total. The van der Waals surface area contributed by atoms with Gasteiger partial charge in [0, 0.05) is 39.8 Å². The van der Waals surface area contributed by atoms with E-state index in [2.05, 4.69) is 34.7 Å². The molecule has 0 saturated carbocycles. The minimum absolute atomic E-state index is 0.00946. The molecule has 132 valence electrons. The number of rotatable bonds is 5. The zero-order valence-corrected chi connectivity index (χ0v) is 15.3. The Bertz CT molecular complexity index is 736. The van der Waals surface area contributed by atoms with Crippen LogP contribution in [0, 0.1) is 6.92 Å². The Morgan fingerprint density at radius 2 is 1.64 bits per heavy atom. The van der Waals surface area contributed by atoms with Crippen molar-refractivity contribution in [3.63, 3.8) is 0 Å². The summed E-state index contributed by atoms with van der Waals surface area (Å²) in [6.07, 6.45) is 0. The number of carbonyl (C=O) groups is 1. The third-order valence-corrected chi connectivity index (χ3v) is 4.00. The predicted octanol–water partition coefficient (Wildman–Crippen LogP) is 2.56. The molecule has 2 aromatic rings. The molecule has 0 saturated heterocycles. The molecule has 0 heterocycles. The first-order valence-corrected chi connectivity index (χ1v) is 8.31. The van der Waals surface area contributed by atoms with Gasteiger partial charge >= 0.3 is 0 Å². The highest BCUT2D eigenvalue weighted by Crippen LogP contribution is 2.07. The molecule has 0 spiro atoms. The number of hydrogen-bond acceptors (Lipinski definition) is 2. The van der Waals surface area contributed by atoms with Gasteiger partial charge in [-0.25, -0.2) is 0 Å². The smallest absolute Gasteiger partial charge is 0.253 e. The predicted molar refractivity (Wildman–Crippen MR) is 103 cm³/mol. The number of nitrogens with one attached hydrogen (secondary N) is 2. The van der Waals surface area contributed by atoms with Crippen molar-refractivity contribution in [2.24, 2.45) is 4.99 Å². The molecule has 0 radical (unpaired) electrons. The van der Waals surface area contributed by atoms with Crippen molar-refractivity contribution < 1.29 is 4.79 Å². The Morgan fingerprint density at radius 1 is 1.00 bits per heavy atom. The van der Waals surface area contributed by atoms with Gasteiger partial charge in [-0.3, -0.25) is 9.79 Å². The van der Waals surface area contributed by atoms with E-state index < -0.39 is 0 Å². The first-order chi connectivity index (χ1) is 12.0. The third kappa shape index (κ3) is 5.35. The molecule has 0 aliphatic heterocycles. The summed E-state index contributed by atoms with van der Waals surface area (Å²) in [5, 5.41) is 6.61. The van der Waals surface area contributed by atoms with Crippen LogP contribution in [0.2, 0.25) is 0 Å². The van der Waals surface area contributed by atoms with E-state index in [9.17, 15) is 4.79 Å². The maximum absolute atomic E-state index is 11.9. The Kier molecular flexibility index (Phi) is 6.57. The van der Waals surface area contributed by atoms with E-state index >= 15 is 0 Å². The van der Waals surface area contributed by atoms with Gasteiger partial charge in [-0.1, -0.05) is 36.4 Å². The molecule has 0 aliphatic rings. The lowest BCUT2D eigenvalue weighted by Gasteiger charge is -2.14. The highest BCUT2D eigenvalue weighted by Gasteiger charge is 2.07. The van der Waals surface area contributed by atoms with E-state index in [4.69, 9.17) is 0 Å². The van der Waals surface area contributed by atoms with Crippen LogP contribution in [0.15, 0.2) is 53.5 Å². The summed E-state index contributed by atoms with van der Waals surface area (Å²) in [6.45, 7) is 3.47. The van der Waals surface area contributed by atoms with Crippen molar-refractivity contribution in [1.29, 1.82) is 0 Å². The van der Waals surface area contributed by atoms with Crippen molar-refractivity contribution in [3.05, 3.63) is 70.8 Å². The molecule has 0 atom stereocenters. The highest BCUT2D eigenvalue weighted by molar-refractivity contribution is 5.93. The van der Waals surface area contributed by atoms with Gasteiger partial charge in [0.25, 0.3) is 5.91 Å². The van der Waals surface area contributed by atoms with E-state index in [1.807, 2.05) is 36.4 Å². The fraction of sp³-hybridized carbons (Fsp3) is 0.300. The number of guanidine groups is 1. The minimum Gasteiger partial charge on any atom is -0.352 e. The Hall–Kier alpha value is -2.82. The summed E-state index contributed by atoms with van der Waals surface area (Å²) in [6, 6.07) is 15.9. The zero-order valence-electron chi connectivity index (χ0n) is 15.3. The van der Waals surface area contributed by atoms with Gasteiger partial charge in [-0.05, 0) is 35.7 Å². The lowest BCUT2D eigenvalue weighted by molar-refractivity contribution is 0.0827. The summed E-state index contributed by atoms with van der Waals surface area (Å²) < 4.78 is 0. The van der Waals surface area contributed by atoms with Crippen LogP contribution in [-0.4, -0.2) is 37.9 Å². The van der Waals surface area contributed by atoms with Crippen LogP contribution in [-0.2, 0) is 13.1 Å². The first kappa shape index (κ1) is 18.5. The van der Waals surface area contributed by atoms with Crippen molar-refractivity contribution in [1.82, 2.24) is 15.5 Å². The fourth-order valence-corrected chi connectivity index (χ4v) is 2.42. The van der Waals surface area contributed by atoms with Gasteiger partial charge in [0.05, 0.1) is 0 Å². The number of hydrogen-bond donors (Lipinski definition) is 2. The maximum atomic E-state index is 11.9. The zero-order chi connectivity index (χ0) is 18.2. The lowest BCUT2D eigenvalue weighted by atomic mass is 10.1. The van der Waals surface area contributed by atoms with Crippen molar-refractivity contribution in [2.75, 3.05) is 21.1 Å². The Labute approximate surface area is 149 Å². The molecule has 0 unspecified atom stereocenters. The standard InChI is InChI=1S/C20H26N4O/c1-15-7-5-6-8-18(15)14-23-20(21-2)22-13-16-9-11-17(12-10-16)19(25)24(3)4/h5-12H,13-14H2,1-4H3,(H2,21,22,23). The van der Waals surface area contributed by atoms with E-state index in [-0.39, 0.29) is 5.91 Å². The minimum atomic E-state index is 0.00946. The van der Waals surface area contributed by atoms with Gasteiger partial charge < -0.3 is 15.5 Å². The second-order valence-corrected chi connectivity index (χ2v) is 6.10. The van der Waals surface area contributed by atoms with Gasteiger partial charge in [0.15, 0.2) is 5.96 Å². The maximum Gasteiger partial charge on any atom is 0.253 e. The van der Waals surface area contributed by atoms with E-state index in [0.29, 0.717) is 12.1 Å². The average Bonchev–Trinajstić information content (AvgIpc) is 2.63. The summed E-state index contributed by atoms with van der Waals surface area (Å²) in [5.74, 6) is 0.756. The Balaban J connectivity index is 1.88. The molecule has 25 heavy (non-hydrogen) atoms. The summed E-state index contributed by atoms with van der Waals surface area (Å²) in [5.41, 5.74) is 4.29. The molecule has 2 rings (SSSR count). The SMILES string of the molecule is CN=C(NCc1ccc(C(=O)N(C)C)cc1)NCc1ccccc1C. The molecule has 2 aromatic carbocycles. The number of benzene rings is 2. The first-order valence-electron chi connectivity index (χ1n) is 8.31. The summed E-state index contributed by atoms with van der Waals surface area (Å²) in [4.78, 5) is 17.7. The fourth-order valence-electron chi connectivity index (χ4n) is 2.42. The van der Waals surface area contributed by atoms with Gasteiger partial charge in [0.2, 0.25) is 0 Å². The largest absolute Gasteiger partial charge is 0.352 e. The Morgan fingerprint density at radius 3 is 2.24 bits per heavy atom. The molecule has 1 amide bonds. The van der Waals surface area contributed by atoms with Gasteiger partial charge in [0.1, 0.15) is 0 Å². The summed E-state index contributed by atoms with van der Waals surface area (Å²) in [7, 11) is 5.26. The number of carbonyl (C=O) groups excluding carboxylic acids is 1. The second kappa shape index (κ2) is 8.87. The summed E-state index contributed by atoms with van der Waals surface area (Å²) >= 11 is 0. The van der Waals surface area contributed by atoms with Gasteiger partial charge in [-0.15, -0.1) is 0 Å². The lowest BCUT2D eigenvalue weighted by Crippen LogP contribution is -2.36. The molecule has 0 aliphatic carbocycles. The van der Waals surface area contributed by atoms with Crippen LogP contribution < -0.4 is 10.6 Å². The highest BCUT2D eigenvalue weighted by atomic mass is 16.2. The topological polar surface area (TPSA) is 56.7 Å². The number of aliphatic imine (C=N–C) groups is 1. The van der Waals surface area contributed by atoms with Crippen LogP contribution in [0.1, 0.15) is 27.0 Å². The van der Waals surface area contributed by atoms with Crippen LogP contribution in [0.4, 0.5) is 0 Å². The molecule has 0 aromatic heterocycles. The van der Waals surface area contributed by atoms with E-state index in [0.717, 1.165) is 18.1 Å². The monoisotopic (exact) mass is 338 g/mol. The quantitative estimate of drug-likeness (QED) is 0.651. The van der Waals surface area contributed by atoms with Crippen LogP contribution in [0.3, 0.4) is 0 Å². The molecule has 0 fully saturated rings. The van der Waals surface area contributed by atoms with Crippen LogP contribution in [0.5, 0.6) is 0 Å². The molecule has 0 bridgehead atoms.